The molecule has 0 bridgehead atoms. The highest BCUT2D eigenvalue weighted by Gasteiger charge is 2.65. The molecule has 3 heteroatoms. The van der Waals surface area contributed by atoms with Crippen LogP contribution >= 0.6 is 0 Å². The minimum Gasteiger partial charge on any atom is -0.478 e. The molecular formula is C30H48O3. The molecule has 0 radical (unpaired) electrons. The maximum atomic E-state index is 11.1. The maximum Gasteiger partial charge on any atom is 0.330 e. The number of carboxylic acid groups (broad SMARTS) is 1. The van der Waals surface area contributed by atoms with Crippen LogP contribution < -0.4 is 0 Å². The number of fused-ring (bicyclic) bond motifs is 5. The van der Waals surface area contributed by atoms with Crippen LogP contribution in [0, 0.1) is 45.3 Å². The first-order valence-corrected chi connectivity index (χ1v) is 13.6. The molecule has 0 aromatic rings. The second-order valence-corrected chi connectivity index (χ2v) is 13.6. The average Bonchev–Trinajstić information content (AvgIpc) is 3.02. The zero-order chi connectivity index (χ0) is 24.4. The van der Waals surface area contributed by atoms with Crippen LogP contribution in [-0.2, 0) is 4.79 Å². The van der Waals surface area contributed by atoms with E-state index in [1.807, 2.05) is 6.08 Å². The van der Waals surface area contributed by atoms with E-state index in [-0.39, 0.29) is 16.9 Å². The second kappa shape index (κ2) is 8.25. The first-order valence-electron chi connectivity index (χ1n) is 13.6. The molecule has 0 heterocycles. The summed E-state index contributed by atoms with van der Waals surface area (Å²) in [4.78, 5) is 11.1. The molecule has 186 valence electrons. The van der Waals surface area contributed by atoms with Gasteiger partial charge in [0.1, 0.15) is 0 Å². The lowest BCUT2D eigenvalue weighted by molar-refractivity contribution is -0.132. The predicted octanol–water partition coefficient (Wildman–Crippen LogP) is 7.40. The number of hydrogen-bond donors (Lipinski definition) is 2. The maximum absolute atomic E-state index is 11.1. The number of carboxylic acids is 1. The molecule has 0 spiro atoms. The highest BCUT2D eigenvalue weighted by Crippen LogP contribution is 2.73. The summed E-state index contributed by atoms with van der Waals surface area (Å²) < 4.78 is 0. The van der Waals surface area contributed by atoms with Gasteiger partial charge in [0.2, 0.25) is 0 Å². The van der Waals surface area contributed by atoms with Crippen molar-refractivity contribution in [3.63, 3.8) is 0 Å². The molecule has 0 saturated heterocycles. The van der Waals surface area contributed by atoms with E-state index in [1.165, 1.54) is 25.7 Å². The number of aliphatic hydroxyl groups is 1. The van der Waals surface area contributed by atoms with Gasteiger partial charge in [-0.2, -0.15) is 0 Å². The Bertz CT molecular complexity index is 853. The van der Waals surface area contributed by atoms with E-state index in [2.05, 4.69) is 47.6 Å². The Hall–Kier alpha value is -1.09. The molecule has 3 fully saturated rings. The van der Waals surface area contributed by atoms with E-state index < -0.39 is 5.97 Å². The van der Waals surface area contributed by atoms with Crippen molar-refractivity contribution in [1.82, 2.24) is 0 Å². The third-order valence-corrected chi connectivity index (χ3v) is 12.0. The van der Waals surface area contributed by atoms with Crippen LogP contribution in [0.5, 0.6) is 0 Å². The Balaban J connectivity index is 1.58. The van der Waals surface area contributed by atoms with Crippen LogP contribution in [0.4, 0.5) is 0 Å². The number of carbonyl (C=O) groups is 1. The van der Waals surface area contributed by atoms with Crippen molar-refractivity contribution in [2.75, 3.05) is 0 Å². The van der Waals surface area contributed by atoms with Crippen molar-refractivity contribution in [2.24, 2.45) is 45.3 Å². The number of hydrogen-bond acceptors (Lipinski definition) is 2. The third-order valence-electron chi connectivity index (χ3n) is 12.0. The first kappa shape index (κ1) is 25.0. The summed E-state index contributed by atoms with van der Waals surface area (Å²) >= 11 is 0. The lowest BCUT2D eigenvalue weighted by Crippen LogP contribution is -2.58. The van der Waals surface area contributed by atoms with Crippen molar-refractivity contribution >= 4 is 5.97 Å². The van der Waals surface area contributed by atoms with Crippen LogP contribution in [0.3, 0.4) is 0 Å². The standard InChI is InChI=1S/C30H48O3/c1-19(9-8-10-20(2)26(32)33)21-13-17-30(7)23-11-12-24-27(3,4)25(31)15-16-28(24,5)22(23)14-18-29(21,30)6/h10-11,19,21-22,24-25,31H,8-9,12-18H2,1-7H3,(H,32,33)/b20-10-/t19-,21?,22?,24?,25-,28+,29-,30+/m0/s1. The summed E-state index contributed by atoms with van der Waals surface area (Å²) in [6, 6.07) is 0. The third kappa shape index (κ3) is 3.58. The van der Waals surface area contributed by atoms with Gasteiger partial charge in [-0.05, 0) is 110 Å². The summed E-state index contributed by atoms with van der Waals surface area (Å²) in [7, 11) is 0. The van der Waals surface area contributed by atoms with Gasteiger partial charge >= 0.3 is 5.97 Å². The highest BCUT2D eigenvalue weighted by atomic mass is 16.4. The van der Waals surface area contributed by atoms with Gasteiger partial charge in [0.15, 0.2) is 0 Å². The van der Waals surface area contributed by atoms with E-state index in [9.17, 15) is 9.90 Å². The normalized spacial score (nSPS) is 45.5. The Morgan fingerprint density at radius 3 is 2.48 bits per heavy atom. The number of rotatable bonds is 5. The van der Waals surface area contributed by atoms with E-state index in [0.717, 1.165) is 32.1 Å². The molecule has 0 amide bonds. The highest BCUT2D eigenvalue weighted by molar-refractivity contribution is 5.85. The van der Waals surface area contributed by atoms with Gasteiger partial charge in [-0.25, -0.2) is 4.79 Å². The van der Waals surface area contributed by atoms with E-state index in [0.29, 0.717) is 40.1 Å². The topological polar surface area (TPSA) is 57.5 Å². The summed E-state index contributed by atoms with van der Waals surface area (Å²) in [6.45, 7) is 16.5. The molecule has 8 atom stereocenters. The molecule has 0 aliphatic heterocycles. The van der Waals surface area contributed by atoms with Crippen molar-refractivity contribution in [3.8, 4) is 0 Å². The molecule has 4 aliphatic carbocycles. The second-order valence-electron chi connectivity index (χ2n) is 13.6. The molecule has 0 aromatic heterocycles. The van der Waals surface area contributed by atoms with Gasteiger partial charge in [0, 0.05) is 5.57 Å². The Kier molecular flexibility index (Phi) is 6.25. The Morgan fingerprint density at radius 1 is 1.12 bits per heavy atom. The summed E-state index contributed by atoms with van der Waals surface area (Å²) in [5.74, 6) is 1.75. The lowest BCUT2D eigenvalue weighted by Gasteiger charge is -2.64. The van der Waals surface area contributed by atoms with Crippen molar-refractivity contribution in [1.29, 1.82) is 0 Å². The van der Waals surface area contributed by atoms with Gasteiger partial charge in [-0.3, -0.25) is 0 Å². The summed E-state index contributed by atoms with van der Waals surface area (Å²) in [5.41, 5.74) is 3.13. The monoisotopic (exact) mass is 456 g/mol. The fourth-order valence-electron chi connectivity index (χ4n) is 9.50. The lowest BCUT2D eigenvalue weighted by atomic mass is 9.41. The summed E-state index contributed by atoms with van der Waals surface area (Å²) in [6.07, 6.45) is 14.7. The van der Waals surface area contributed by atoms with Gasteiger partial charge in [-0.1, -0.05) is 59.3 Å². The van der Waals surface area contributed by atoms with Gasteiger partial charge < -0.3 is 10.2 Å². The fraction of sp³-hybridized carbons (Fsp3) is 0.833. The van der Waals surface area contributed by atoms with Crippen LogP contribution in [0.1, 0.15) is 106 Å². The zero-order valence-corrected chi connectivity index (χ0v) is 22.2. The Labute approximate surface area is 202 Å². The van der Waals surface area contributed by atoms with E-state index in [1.54, 1.807) is 12.5 Å². The summed E-state index contributed by atoms with van der Waals surface area (Å²) in [5, 5.41) is 20.0. The molecule has 3 unspecified atom stereocenters. The molecule has 4 aliphatic rings. The molecule has 3 saturated carbocycles. The van der Waals surface area contributed by atoms with Crippen LogP contribution in [0.2, 0.25) is 0 Å². The smallest absolute Gasteiger partial charge is 0.330 e. The van der Waals surface area contributed by atoms with E-state index in [4.69, 9.17) is 5.11 Å². The predicted molar refractivity (Wildman–Crippen MR) is 135 cm³/mol. The van der Waals surface area contributed by atoms with Gasteiger partial charge in [0.05, 0.1) is 6.10 Å². The molecular weight excluding hydrogens is 408 g/mol. The van der Waals surface area contributed by atoms with Crippen molar-refractivity contribution in [3.05, 3.63) is 23.3 Å². The fourth-order valence-corrected chi connectivity index (χ4v) is 9.50. The van der Waals surface area contributed by atoms with Crippen molar-refractivity contribution in [2.45, 2.75) is 112 Å². The Morgan fingerprint density at radius 2 is 1.82 bits per heavy atom. The average molecular weight is 457 g/mol. The van der Waals surface area contributed by atoms with Crippen LogP contribution in [0.25, 0.3) is 0 Å². The molecule has 33 heavy (non-hydrogen) atoms. The SMILES string of the molecule is C/C(=C/CC[C@H](C)C1CC[C@]2(C)C3=CCC4C(C)(C)[C@@H](O)CC[C@]4(C)C3CC[C@@]12C)C(=O)O. The largest absolute Gasteiger partial charge is 0.478 e. The van der Waals surface area contributed by atoms with Gasteiger partial charge in [-0.15, -0.1) is 0 Å². The molecule has 0 aromatic carbocycles. The first-order chi connectivity index (χ1) is 15.3. The minimum absolute atomic E-state index is 0.00892. The number of aliphatic carboxylic acids is 1. The molecule has 2 N–H and O–H groups in total. The van der Waals surface area contributed by atoms with Crippen molar-refractivity contribution < 1.29 is 15.0 Å². The van der Waals surface area contributed by atoms with Crippen LogP contribution in [0.15, 0.2) is 23.3 Å². The molecule has 4 rings (SSSR count). The quantitative estimate of drug-likeness (QED) is 0.335. The minimum atomic E-state index is -0.796. The zero-order valence-electron chi connectivity index (χ0n) is 22.2. The number of aliphatic hydroxyl groups excluding tert-OH is 1. The van der Waals surface area contributed by atoms with Crippen LogP contribution in [-0.4, -0.2) is 22.3 Å². The number of allylic oxidation sites excluding steroid dienone is 3. The van der Waals surface area contributed by atoms with Gasteiger partial charge in [0.25, 0.3) is 0 Å². The molecule has 3 nitrogen and oxygen atoms in total. The van der Waals surface area contributed by atoms with E-state index >= 15 is 0 Å².